The monoisotopic (exact) mass is 681 g/mol. The number of rotatable bonds is 9. The van der Waals surface area contributed by atoms with Crippen LogP contribution in [0.15, 0.2) is 58.3 Å². The summed E-state index contributed by atoms with van der Waals surface area (Å²) in [5.41, 5.74) is -1.96. The SMILES string of the molecule is COC(=O)[C@H](C)NP(=O)(OC[C@H]1O[C@@H](n2cc(I)c(=O)[nH]c2=O)C(F)(F)[C@@H]1O)Oc1ccc2ccccc2c1. The number of carbonyl (C=O) groups excluding carboxylic acids is 1. The van der Waals surface area contributed by atoms with Gasteiger partial charge in [-0.2, -0.15) is 13.9 Å². The van der Waals surface area contributed by atoms with Gasteiger partial charge in [-0.3, -0.25) is 23.7 Å². The number of aromatic amines is 1. The molecule has 2 heterocycles. The third-order valence-electron chi connectivity index (χ3n) is 5.82. The van der Waals surface area contributed by atoms with E-state index in [0.717, 1.165) is 24.1 Å². The zero-order chi connectivity index (χ0) is 28.5. The standard InChI is InChI=1S/C23H23F2IN3O9P/c1-12(20(32)35-2)28-39(34,38-15-8-7-13-5-3-4-6-14(13)9-15)36-11-17-18(30)23(24,25)21(37-17)29-10-16(26)19(31)27-22(29)33/h3-10,12,17-18,21,30H,11H2,1-2H3,(H,28,34)(H,27,31,33)/t12-,17+,18+,21+,39?/m0/s1. The average Bonchev–Trinajstić information content (AvgIpc) is 3.12. The number of hydrogen-bond acceptors (Lipinski definition) is 9. The van der Waals surface area contributed by atoms with E-state index < -0.39 is 62.0 Å². The summed E-state index contributed by atoms with van der Waals surface area (Å²) in [6.45, 7) is 0.426. The van der Waals surface area contributed by atoms with E-state index in [4.69, 9.17) is 13.8 Å². The van der Waals surface area contributed by atoms with Gasteiger partial charge in [0, 0.05) is 6.20 Å². The molecule has 1 saturated heterocycles. The number of nitrogens with one attached hydrogen (secondary N) is 2. The fourth-order valence-electron chi connectivity index (χ4n) is 3.83. The highest BCUT2D eigenvalue weighted by atomic mass is 127. The number of hydrogen-bond donors (Lipinski definition) is 3. The molecule has 2 aromatic carbocycles. The number of carbonyl (C=O) groups is 1. The van der Waals surface area contributed by atoms with Crippen molar-refractivity contribution in [2.75, 3.05) is 13.7 Å². The van der Waals surface area contributed by atoms with E-state index in [1.165, 1.54) is 13.0 Å². The van der Waals surface area contributed by atoms with E-state index in [9.17, 15) is 32.8 Å². The van der Waals surface area contributed by atoms with Crippen molar-refractivity contribution in [3.8, 4) is 5.75 Å². The van der Waals surface area contributed by atoms with Gasteiger partial charge in [0.2, 0.25) is 6.23 Å². The Balaban J connectivity index is 1.58. The molecule has 0 bridgehead atoms. The van der Waals surface area contributed by atoms with Crippen LogP contribution in [-0.4, -0.2) is 58.5 Å². The zero-order valence-corrected chi connectivity index (χ0v) is 23.4. The topological polar surface area (TPSA) is 158 Å². The molecule has 3 N–H and O–H groups in total. The Morgan fingerprint density at radius 3 is 2.67 bits per heavy atom. The smallest absolute Gasteiger partial charge is 0.459 e. The van der Waals surface area contributed by atoms with Gasteiger partial charge in [0.1, 0.15) is 17.9 Å². The van der Waals surface area contributed by atoms with Gasteiger partial charge in [0.15, 0.2) is 6.10 Å². The first-order chi connectivity index (χ1) is 18.3. The first kappa shape index (κ1) is 29.3. The van der Waals surface area contributed by atoms with Crippen LogP contribution in [0.1, 0.15) is 13.2 Å². The van der Waals surface area contributed by atoms with E-state index in [2.05, 4.69) is 9.82 Å². The van der Waals surface area contributed by atoms with Crippen LogP contribution in [0, 0.1) is 3.57 Å². The number of aliphatic hydroxyl groups is 1. The summed E-state index contributed by atoms with van der Waals surface area (Å²) in [6, 6.07) is 10.8. The van der Waals surface area contributed by atoms with Crippen molar-refractivity contribution in [3.05, 3.63) is 73.1 Å². The minimum Gasteiger partial charge on any atom is -0.468 e. The van der Waals surface area contributed by atoms with E-state index in [0.29, 0.717) is 4.57 Å². The largest absolute Gasteiger partial charge is 0.468 e. The van der Waals surface area contributed by atoms with Gasteiger partial charge in [0.05, 0.1) is 17.3 Å². The highest BCUT2D eigenvalue weighted by Crippen LogP contribution is 2.48. The predicted octanol–water partition coefficient (Wildman–Crippen LogP) is 2.54. The molecule has 0 amide bonds. The van der Waals surface area contributed by atoms with Crippen LogP contribution in [0.5, 0.6) is 5.75 Å². The van der Waals surface area contributed by atoms with Crippen LogP contribution in [-0.2, 0) is 23.4 Å². The molecule has 5 atom stereocenters. The summed E-state index contributed by atoms with van der Waals surface area (Å²) in [5.74, 6) is -4.74. The van der Waals surface area contributed by atoms with Crippen molar-refractivity contribution < 1.29 is 41.8 Å². The summed E-state index contributed by atoms with van der Waals surface area (Å²) in [5, 5.41) is 14.3. The van der Waals surface area contributed by atoms with Crippen molar-refractivity contribution in [3.63, 3.8) is 0 Å². The Morgan fingerprint density at radius 1 is 1.28 bits per heavy atom. The first-order valence-electron chi connectivity index (χ1n) is 11.4. The third kappa shape index (κ3) is 6.23. The number of nitrogens with zero attached hydrogens (tertiary/aromatic N) is 1. The van der Waals surface area contributed by atoms with Crippen LogP contribution in [0.2, 0.25) is 0 Å². The molecule has 1 aliphatic heterocycles. The Labute approximate surface area is 232 Å². The second-order valence-corrected chi connectivity index (χ2v) is 11.4. The average molecular weight is 681 g/mol. The summed E-state index contributed by atoms with van der Waals surface area (Å²) in [6.07, 6.45) is -5.72. The van der Waals surface area contributed by atoms with Crippen LogP contribution < -0.4 is 20.9 Å². The van der Waals surface area contributed by atoms with Gasteiger partial charge in [-0.25, -0.2) is 9.36 Å². The van der Waals surface area contributed by atoms with Gasteiger partial charge in [-0.05, 0) is 52.4 Å². The van der Waals surface area contributed by atoms with Crippen molar-refractivity contribution in [2.24, 2.45) is 0 Å². The number of alkyl halides is 2. The fraction of sp³-hybridized carbons (Fsp3) is 0.348. The van der Waals surface area contributed by atoms with Crippen LogP contribution in [0.3, 0.4) is 0 Å². The number of H-pyrrole nitrogens is 1. The third-order valence-corrected chi connectivity index (χ3v) is 8.23. The minimum absolute atomic E-state index is 0.0740. The lowest BCUT2D eigenvalue weighted by molar-refractivity contribution is -0.142. The van der Waals surface area contributed by atoms with Crippen molar-refractivity contribution in [2.45, 2.75) is 37.3 Å². The number of methoxy groups -OCH3 is 1. The number of aliphatic hydroxyl groups excluding tert-OH is 1. The molecule has 210 valence electrons. The number of esters is 1. The van der Waals surface area contributed by atoms with Crippen molar-refractivity contribution in [1.82, 2.24) is 14.6 Å². The number of benzene rings is 2. The van der Waals surface area contributed by atoms with Gasteiger partial charge >= 0.3 is 25.3 Å². The van der Waals surface area contributed by atoms with Crippen LogP contribution in [0.4, 0.5) is 8.78 Å². The maximum absolute atomic E-state index is 15.0. The number of aromatic nitrogens is 2. The molecule has 0 saturated carbocycles. The normalized spacial score (nSPS) is 22.8. The number of fused-ring (bicyclic) bond motifs is 1. The van der Waals surface area contributed by atoms with Crippen molar-refractivity contribution in [1.29, 1.82) is 0 Å². The Bertz CT molecular complexity index is 1550. The summed E-state index contributed by atoms with van der Waals surface area (Å²) >= 11 is 1.55. The maximum atomic E-state index is 15.0. The summed E-state index contributed by atoms with van der Waals surface area (Å²) in [4.78, 5) is 37.6. The van der Waals surface area contributed by atoms with Crippen LogP contribution in [0.25, 0.3) is 10.8 Å². The Morgan fingerprint density at radius 2 is 1.97 bits per heavy atom. The molecule has 0 aliphatic carbocycles. The number of ether oxygens (including phenoxy) is 2. The molecule has 39 heavy (non-hydrogen) atoms. The van der Waals surface area contributed by atoms with E-state index in [1.54, 1.807) is 46.9 Å². The quantitative estimate of drug-likeness (QED) is 0.174. The summed E-state index contributed by atoms with van der Waals surface area (Å²) in [7, 11) is -3.37. The molecule has 16 heteroatoms. The highest BCUT2D eigenvalue weighted by molar-refractivity contribution is 14.1. The molecule has 3 aromatic rings. The minimum atomic E-state index is -4.48. The molecule has 4 rings (SSSR count). The lowest BCUT2D eigenvalue weighted by Crippen LogP contribution is -2.43. The zero-order valence-electron chi connectivity index (χ0n) is 20.4. The summed E-state index contributed by atoms with van der Waals surface area (Å²) < 4.78 is 64.8. The molecular formula is C23H23F2IN3O9P. The molecule has 0 spiro atoms. The number of halogens is 3. The lowest BCUT2D eigenvalue weighted by atomic mass is 10.1. The van der Waals surface area contributed by atoms with E-state index >= 15 is 0 Å². The van der Waals surface area contributed by atoms with Crippen LogP contribution >= 0.6 is 30.3 Å². The molecule has 0 radical (unpaired) electrons. The highest BCUT2D eigenvalue weighted by Gasteiger charge is 2.60. The van der Waals surface area contributed by atoms with Crippen molar-refractivity contribution >= 4 is 47.1 Å². The Hall–Kier alpha value is -2.69. The van der Waals surface area contributed by atoms with E-state index in [-0.39, 0.29) is 9.32 Å². The Kier molecular flexibility index (Phi) is 8.58. The molecule has 12 nitrogen and oxygen atoms in total. The molecule has 1 aliphatic rings. The van der Waals surface area contributed by atoms with Gasteiger partial charge in [-0.15, -0.1) is 0 Å². The molecule has 1 unspecified atom stereocenters. The molecular weight excluding hydrogens is 658 g/mol. The van der Waals surface area contributed by atoms with Gasteiger partial charge in [-0.1, -0.05) is 30.3 Å². The van der Waals surface area contributed by atoms with Gasteiger partial charge in [0.25, 0.3) is 5.56 Å². The van der Waals surface area contributed by atoms with E-state index in [1.807, 2.05) is 17.1 Å². The predicted molar refractivity (Wildman–Crippen MR) is 142 cm³/mol. The second-order valence-electron chi connectivity index (χ2n) is 8.56. The molecule has 1 aromatic heterocycles. The molecule has 1 fully saturated rings. The fourth-order valence-corrected chi connectivity index (χ4v) is 5.76. The first-order valence-corrected chi connectivity index (χ1v) is 14.0. The maximum Gasteiger partial charge on any atom is 0.459 e. The second kappa shape index (κ2) is 11.4. The lowest BCUT2D eigenvalue weighted by Gasteiger charge is -2.24. The van der Waals surface area contributed by atoms with Gasteiger partial charge < -0.3 is 19.1 Å².